The average molecular weight is 620 g/mol. The lowest BCUT2D eigenvalue weighted by Crippen LogP contribution is -2.46. The normalized spacial score (nSPS) is 20.6. The van der Waals surface area contributed by atoms with E-state index in [1.54, 1.807) is 31.2 Å². The standard InChI is InChI=1S/C31H33N5O9/c1-15-32-23-11-17-5-9-24(20(17)13-21(23)28(41)33-15)36(2)19-6-3-16(4-7-19)27(40)34-22(29(42)43)8-10-25(37)35-31(30(44)45)14-18(31)12-26(38)39/h3-4,6-7,11,13,18,22,24H,5,8-10,12,14H2,1-2H3,(H,34,40)(H,35,37)(H,38,39)(H,42,43)(H,44,45)(H,32,33,41)/t18?,22-,24?,31?/m0/s1. The Bertz CT molecular complexity index is 1770. The van der Waals surface area contributed by atoms with Gasteiger partial charge in [-0.25, -0.2) is 14.6 Å². The minimum atomic E-state index is -1.69. The molecule has 0 aliphatic heterocycles. The molecule has 45 heavy (non-hydrogen) atoms. The number of aromatic nitrogens is 2. The number of hydrogen-bond acceptors (Lipinski definition) is 8. The van der Waals surface area contributed by atoms with Crippen LogP contribution in [0.2, 0.25) is 0 Å². The molecule has 0 saturated heterocycles. The number of hydrogen-bond donors (Lipinski definition) is 6. The third-order valence-electron chi connectivity index (χ3n) is 8.67. The Hall–Kier alpha value is -5.27. The summed E-state index contributed by atoms with van der Waals surface area (Å²) in [5, 5.41) is 33.3. The number of H-pyrrole nitrogens is 1. The molecule has 0 bridgehead atoms. The zero-order chi connectivity index (χ0) is 32.6. The van der Waals surface area contributed by atoms with E-state index in [0.717, 1.165) is 29.7 Å². The van der Waals surface area contributed by atoms with Gasteiger partial charge in [-0.2, -0.15) is 0 Å². The Morgan fingerprint density at radius 3 is 2.47 bits per heavy atom. The van der Waals surface area contributed by atoms with Gasteiger partial charge in [0.2, 0.25) is 5.91 Å². The molecule has 1 heterocycles. The fraction of sp³-hybridized carbons (Fsp3) is 0.387. The van der Waals surface area contributed by atoms with Gasteiger partial charge in [0.25, 0.3) is 11.5 Å². The summed E-state index contributed by atoms with van der Waals surface area (Å²) in [6, 6.07) is 9.02. The van der Waals surface area contributed by atoms with Crippen molar-refractivity contribution in [2.45, 2.75) is 63.1 Å². The fourth-order valence-corrected chi connectivity index (χ4v) is 6.11. The Labute approximate surface area is 256 Å². The van der Waals surface area contributed by atoms with E-state index in [4.69, 9.17) is 5.11 Å². The molecular formula is C31H33N5O9. The van der Waals surface area contributed by atoms with Gasteiger partial charge >= 0.3 is 17.9 Å². The topological polar surface area (TPSA) is 219 Å². The van der Waals surface area contributed by atoms with Gasteiger partial charge in [0.1, 0.15) is 17.4 Å². The highest BCUT2D eigenvalue weighted by Crippen LogP contribution is 2.46. The van der Waals surface area contributed by atoms with Crippen LogP contribution in [-0.2, 0) is 25.6 Å². The first-order valence-electron chi connectivity index (χ1n) is 14.4. The van der Waals surface area contributed by atoms with E-state index in [2.05, 4.69) is 25.5 Å². The second-order valence-electron chi connectivity index (χ2n) is 11.7. The minimum absolute atomic E-state index is 0.0115. The van der Waals surface area contributed by atoms with E-state index < -0.39 is 60.1 Å². The lowest BCUT2D eigenvalue weighted by atomic mass is 10.0. The van der Waals surface area contributed by atoms with Crippen LogP contribution in [0.5, 0.6) is 0 Å². The zero-order valence-corrected chi connectivity index (χ0v) is 24.6. The summed E-state index contributed by atoms with van der Waals surface area (Å²) in [6.07, 6.45) is 0.493. The third-order valence-corrected chi connectivity index (χ3v) is 8.67. The number of benzene rings is 2. The summed E-state index contributed by atoms with van der Waals surface area (Å²) in [5.41, 5.74) is 1.94. The van der Waals surface area contributed by atoms with Crippen LogP contribution < -0.4 is 21.1 Å². The number of nitrogens with one attached hydrogen (secondary N) is 3. The van der Waals surface area contributed by atoms with Crippen LogP contribution >= 0.6 is 0 Å². The highest BCUT2D eigenvalue weighted by molar-refractivity contribution is 5.97. The molecule has 14 heteroatoms. The van der Waals surface area contributed by atoms with Crippen molar-refractivity contribution in [3.63, 3.8) is 0 Å². The van der Waals surface area contributed by atoms with Crippen LogP contribution in [0.1, 0.15) is 65.5 Å². The second kappa shape index (κ2) is 12.0. The number of carbonyl (C=O) groups excluding carboxylic acids is 2. The van der Waals surface area contributed by atoms with Crippen LogP contribution in [0.4, 0.5) is 5.69 Å². The van der Waals surface area contributed by atoms with Crippen LogP contribution in [0.15, 0.2) is 41.2 Å². The highest BCUT2D eigenvalue weighted by Gasteiger charge is 2.62. The van der Waals surface area contributed by atoms with Crippen LogP contribution in [0, 0.1) is 12.8 Å². The summed E-state index contributed by atoms with van der Waals surface area (Å²) < 4.78 is 0. The van der Waals surface area contributed by atoms with Gasteiger partial charge in [0.15, 0.2) is 0 Å². The molecule has 1 aromatic heterocycles. The van der Waals surface area contributed by atoms with Gasteiger partial charge < -0.3 is 35.8 Å². The van der Waals surface area contributed by atoms with E-state index in [1.807, 2.05) is 19.2 Å². The van der Waals surface area contributed by atoms with Crippen molar-refractivity contribution in [2.24, 2.45) is 5.92 Å². The summed E-state index contributed by atoms with van der Waals surface area (Å²) in [6.45, 7) is 1.74. The molecule has 2 aliphatic carbocycles. The van der Waals surface area contributed by atoms with Crippen molar-refractivity contribution in [3.8, 4) is 0 Å². The first kappa shape index (κ1) is 31.2. The van der Waals surface area contributed by atoms with E-state index >= 15 is 0 Å². The third kappa shape index (κ3) is 6.35. The lowest BCUT2D eigenvalue weighted by molar-refractivity contribution is -0.145. The number of aryl methyl sites for hydroxylation is 2. The summed E-state index contributed by atoms with van der Waals surface area (Å²) in [7, 11) is 1.92. The summed E-state index contributed by atoms with van der Waals surface area (Å²) in [4.78, 5) is 81.5. The maximum absolute atomic E-state index is 12.9. The number of carboxylic acids is 3. The van der Waals surface area contributed by atoms with Gasteiger partial charge in [-0.05, 0) is 80.1 Å². The molecule has 1 fully saturated rings. The zero-order valence-electron chi connectivity index (χ0n) is 24.6. The number of rotatable bonds is 12. The Morgan fingerprint density at radius 2 is 1.82 bits per heavy atom. The average Bonchev–Trinajstić information content (AvgIpc) is 3.49. The Balaban J connectivity index is 1.20. The van der Waals surface area contributed by atoms with Crippen molar-refractivity contribution in [1.29, 1.82) is 0 Å². The molecule has 1 saturated carbocycles. The van der Waals surface area contributed by atoms with Crippen LogP contribution in [-0.4, -0.2) is 73.6 Å². The highest BCUT2D eigenvalue weighted by atomic mass is 16.4. The molecule has 2 aromatic carbocycles. The number of amides is 2. The molecule has 3 unspecified atom stereocenters. The van der Waals surface area contributed by atoms with Gasteiger partial charge in [-0.3, -0.25) is 19.2 Å². The number of carbonyl (C=O) groups is 5. The van der Waals surface area contributed by atoms with Crippen molar-refractivity contribution >= 4 is 46.3 Å². The summed E-state index contributed by atoms with van der Waals surface area (Å²) >= 11 is 0. The summed E-state index contributed by atoms with van der Waals surface area (Å²) in [5.74, 6) is -5.53. The molecule has 4 atom stereocenters. The minimum Gasteiger partial charge on any atom is -0.481 e. The molecule has 0 radical (unpaired) electrons. The van der Waals surface area contributed by atoms with E-state index in [1.165, 1.54) is 0 Å². The van der Waals surface area contributed by atoms with Gasteiger partial charge in [0, 0.05) is 30.6 Å². The van der Waals surface area contributed by atoms with Gasteiger partial charge in [-0.1, -0.05) is 0 Å². The van der Waals surface area contributed by atoms with Crippen molar-refractivity contribution in [2.75, 3.05) is 11.9 Å². The monoisotopic (exact) mass is 619 g/mol. The van der Waals surface area contributed by atoms with E-state index in [0.29, 0.717) is 16.7 Å². The lowest BCUT2D eigenvalue weighted by Gasteiger charge is -2.28. The number of aliphatic carboxylic acids is 3. The first-order chi connectivity index (χ1) is 21.3. The molecule has 0 spiro atoms. The maximum atomic E-state index is 12.9. The molecule has 236 valence electrons. The molecule has 14 nitrogen and oxygen atoms in total. The number of anilines is 1. The maximum Gasteiger partial charge on any atom is 0.329 e. The molecular weight excluding hydrogens is 586 g/mol. The molecule has 2 amide bonds. The van der Waals surface area contributed by atoms with E-state index in [9.17, 15) is 39.0 Å². The van der Waals surface area contributed by atoms with Gasteiger partial charge in [0.05, 0.1) is 23.4 Å². The number of fused-ring (bicyclic) bond motifs is 2. The number of nitrogens with zero attached hydrogens (tertiary/aromatic N) is 2. The number of carboxylic acid groups (broad SMARTS) is 3. The van der Waals surface area contributed by atoms with Crippen molar-refractivity contribution in [3.05, 3.63) is 69.3 Å². The van der Waals surface area contributed by atoms with Crippen molar-refractivity contribution < 1.29 is 39.3 Å². The molecule has 6 N–H and O–H groups in total. The fourth-order valence-electron chi connectivity index (χ4n) is 6.11. The van der Waals surface area contributed by atoms with Crippen molar-refractivity contribution in [1.82, 2.24) is 20.6 Å². The smallest absolute Gasteiger partial charge is 0.329 e. The Morgan fingerprint density at radius 1 is 1.11 bits per heavy atom. The molecule has 2 aliphatic rings. The first-order valence-corrected chi connectivity index (χ1v) is 14.4. The number of aromatic amines is 1. The predicted octanol–water partition coefficient (Wildman–Crippen LogP) is 1.75. The van der Waals surface area contributed by atoms with Gasteiger partial charge in [-0.15, -0.1) is 0 Å². The van der Waals surface area contributed by atoms with Crippen LogP contribution in [0.3, 0.4) is 0 Å². The SMILES string of the molecule is Cc1nc2cc3c(cc2c(=O)[nH]1)C(N(C)c1ccc(C(=O)N[C@@H](CCC(=O)NC2(C(=O)O)CC2CC(=O)O)C(=O)O)cc1)CC3. The molecule has 3 aromatic rings. The predicted molar refractivity (Wildman–Crippen MR) is 160 cm³/mol. The Kier molecular flexibility index (Phi) is 8.32. The van der Waals surface area contributed by atoms with Crippen LogP contribution in [0.25, 0.3) is 10.9 Å². The quantitative estimate of drug-likeness (QED) is 0.171. The second-order valence-corrected chi connectivity index (χ2v) is 11.7. The molecule has 5 rings (SSSR count). The van der Waals surface area contributed by atoms with E-state index in [-0.39, 0.29) is 30.0 Å². The largest absolute Gasteiger partial charge is 0.481 e.